The van der Waals surface area contributed by atoms with Crippen LogP contribution in [0.25, 0.3) is 31.2 Å². The zero-order chi connectivity index (χ0) is 23.8. The molecule has 1 N–H and O–H groups in total. The molecule has 3 aromatic heterocycles. The molecule has 5 nitrogen and oxygen atoms in total. The molecule has 3 heterocycles. The summed E-state index contributed by atoms with van der Waals surface area (Å²) in [7, 11) is 0. The lowest BCUT2D eigenvalue weighted by atomic mass is 9.88. The van der Waals surface area contributed by atoms with Crippen LogP contribution in [0.4, 0.5) is 5.69 Å². The van der Waals surface area contributed by atoms with Gasteiger partial charge in [0.15, 0.2) is 0 Å². The Morgan fingerprint density at radius 3 is 2.77 bits per heavy atom. The van der Waals surface area contributed by atoms with E-state index in [1.807, 2.05) is 30.3 Å². The Kier molecular flexibility index (Phi) is 6.12. The molecule has 1 amide bonds. The van der Waals surface area contributed by atoms with Crippen molar-refractivity contribution in [3.8, 4) is 0 Å². The quantitative estimate of drug-likeness (QED) is 0.203. The third kappa shape index (κ3) is 4.17. The number of rotatable bonds is 6. The van der Waals surface area contributed by atoms with Crippen LogP contribution >= 0.6 is 23.1 Å². The molecule has 0 saturated carbocycles. The van der Waals surface area contributed by atoms with E-state index < -0.39 is 0 Å². The number of anilines is 1. The molecular formula is C28H26N4OS2. The fraction of sp³-hybridized carbons (Fsp3) is 0.286. The summed E-state index contributed by atoms with van der Waals surface area (Å²) >= 11 is 3.14. The van der Waals surface area contributed by atoms with E-state index in [9.17, 15) is 4.79 Å². The number of nitrogens with zero attached hydrogens (tertiary/aromatic N) is 3. The molecule has 7 heteroatoms. The summed E-state index contributed by atoms with van der Waals surface area (Å²) in [5.41, 5.74) is 5.98. The minimum absolute atomic E-state index is 0.0417. The lowest BCUT2D eigenvalue weighted by Gasteiger charge is -2.19. The molecule has 0 fully saturated rings. The van der Waals surface area contributed by atoms with E-state index in [4.69, 9.17) is 4.98 Å². The average molecular weight is 499 g/mol. The van der Waals surface area contributed by atoms with E-state index in [1.54, 1.807) is 17.7 Å². The van der Waals surface area contributed by atoms with Crippen molar-refractivity contribution in [2.75, 3.05) is 11.1 Å². The number of amides is 1. The topological polar surface area (TPSA) is 67.8 Å². The van der Waals surface area contributed by atoms with Gasteiger partial charge in [-0.25, -0.2) is 15.0 Å². The van der Waals surface area contributed by atoms with Crippen molar-refractivity contribution in [2.24, 2.45) is 0 Å². The molecule has 6 rings (SSSR count). The van der Waals surface area contributed by atoms with Crippen molar-refractivity contribution in [2.45, 2.75) is 50.5 Å². The summed E-state index contributed by atoms with van der Waals surface area (Å²) in [5, 5.41) is 7.30. The van der Waals surface area contributed by atoms with Crippen LogP contribution in [-0.2, 0) is 24.1 Å². The maximum Gasteiger partial charge on any atom is 0.234 e. The first-order valence-corrected chi connectivity index (χ1v) is 14.0. The van der Waals surface area contributed by atoms with Crippen LogP contribution in [0.1, 0.15) is 43.0 Å². The summed E-state index contributed by atoms with van der Waals surface area (Å²) < 4.78 is 1.04. The van der Waals surface area contributed by atoms with Gasteiger partial charge >= 0.3 is 0 Å². The summed E-state index contributed by atoms with van der Waals surface area (Å²) in [6.45, 7) is 2.22. The summed E-state index contributed by atoms with van der Waals surface area (Å²) in [6.07, 6.45) is 8.42. The first-order valence-electron chi connectivity index (χ1n) is 12.2. The number of hydrogen-bond acceptors (Lipinski definition) is 6. The molecule has 35 heavy (non-hydrogen) atoms. The number of nitrogens with one attached hydrogen (secondary N) is 1. The van der Waals surface area contributed by atoms with Crippen molar-refractivity contribution in [1.29, 1.82) is 0 Å². The Labute approximate surface area is 212 Å². The monoisotopic (exact) mass is 498 g/mol. The number of hydrogen-bond donors (Lipinski definition) is 1. The van der Waals surface area contributed by atoms with Gasteiger partial charge in [0.2, 0.25) is 5.91 Å². The van der Waals surface area contributed by atoms with E-state index in [0.29, 0.717) is 0 Å². The standard InChI is InChI=1S/C28H26N4OS2/c1-2-8-21-19-12-5-6-13-20(19)24-25-26(35-27(24)32-21)28(30-16-29-25)34-15-23(33)31-22-14-7-10-17-9-3-4-11-18(17)22/h3-4,7,9-11,14,16H,2,5-6,8,12-13,15H2,1H3,(H,31,33). The van der Waals surface area contributed by atoms with Gasteiger partial charge in [0.25, 0.3) is 0 Å². The van der Waals surface area contributed by atoms with E-state index >= 15 is 0 Å². The van der Waals surface area contributed by atoms with Crippen molar-refractivity contribution in [3.05, 3.63) is 65.6 Å². The number of carbonyl (C=O) groups excluding carboxylic acids is 1. The fourth-order valence-corrected chi connectivity index (χ4v) is 7.17. The van der Waals surface area contributed by atoms with Crippen molar-refractivity contribution in [3.63, 3.8) is 0 Å². The van der Waals surface area contributed by atoms with E-state index in [2.05, 4.69) is 34.3 Å². The molecule has 0 unspecified atom stereocenters. The fourth-order valence-electron chi connectivity index (χ4n) is 5.12. The Bertz CT molecular complexity index is 1570. The van der Waals surface area contributed by atoms with Gasteiger partial charge in [0, 0.05) is 22.2 Å². The third-order valence-corrected chi connectivity index (χ3v) is 8.86. The van der Waals surface area contributed by atoms with Gasteiger partial charge in [-0.05, 0) is 54.7 Å². The van der Waals surface area contributed by atoms with Crippen LogP contribution < -0.4 is 5.32 Å². The highest BCUT2D eigenvalue weighted by Crippen LogP contribution is 2.41. The van der Waals surface area contributed by atoms with Crippen LogP contribution in [0, 0.1) is 0 Å². The molecule has 1 aliphatic carbocycles. The maximum absolute atomic E-state index is 12.9. The normalized spacial score (nSPS) is 13.4. The van der Waals surface area contributed by atoms with Crippen LogP contribution in [-0.4, -0.2) is 26.6 Å². The number of aryl methyl sites for hydroxylation is 2. The first-order chi connectivity index (χ1) is 17.2. The largest absolute Gasteiger partial charge is 0.325 e. The van der Waals surface area contributed by atoms with Crippen LogP contribution in [0.3, 0.4) is 0 Å². The highest BCUT2D eigenvalue weighted by Gasteiger charge is 2.23. The van der Waals surface area contributed by atoms with Crippen molar-refractivity contribution < 1.29 is 4.79 Å². The highest BCUT2D eigenvalue weighted by molar-refractivity contribution is 8.00. The van der Waals surface area contributed by atoms with E-state index in [1.165, 1.54) is 46.8 Å². The number of aromatic nitrogens is 3. The molecule has 0 spiro atoms. The second-order valence-corrected chi connectivity index (χ2v) is 10.9. The van der Waals surface area contributed by atoms with Gasteiger partial charge in [-0.15, -0.1) is 11.3 Å². The second kappa shape index (κ2) is 9.55. The van der Waals surface area contributed by atoms with Gasteiger partial charge in [-0.3, -0.25) is 4.79 Å². The lowest BCUT2D eigenvalue weighted by molar-refractivity contribution is -0.113. The number of thiophene rings is 1. The van der Waals surface area contributed by atoms with Gasteiger partial charge in [0.1, 0.15) is 16.2 Å². The smallest absolute Gasteiger partial charge is 0.234 e. The van der Waals surface area contributed by atoms with Crippen molar-refractivity contribution in [1.82, 2.24) is 15.0 Å². The van der Waals surface area contributed by atoms with Gasteiger partial charge in [-0.2, -0.15) is 0 Å². The highest BCUT2D eigenvalue weighted by atomic mass is 32.2. The minimum Gasteiger partial charge on any atom is -0.325 e. The predicted molar refractivity (Wildman–Crippen MR) is 147 cm³/mol. The maximum atomic E-state index is 12.9. The lowest BCUT2D eigenvalue weighted by Crippen LogP contribution is -2.14. The minimum atomic E-state index is -0.0417. The SMILES string of the molecule is CCCc1nc2sc3c(SCC(=O)Nc4cccc5ccccc45)ncnc3c2c2c1CCCC2. The molecule has 5 aromatic rings. The zero-order valence-electron chi connectivity index (χ0n) is 19.6. The molecule has 0 radical (unpaired) electrons. The molecule has 0 bridgehead atoms. The summed E-state index contributed by atoms with van der Waals surface area (Å²) in [5.74, 6) is 0.246. The second-order valence-electron chi connectivity index (χ2n) is 8.98. The van der Waals surface area contributed by atoms with Gasteiger partial charge in [0.05, 0.1) is 16.0 Å². The molecule has 0 atom stereocenters. The summed E-state index contributed by atoms with van der Waals surface area (Å²) in [6, 6.07) is 14.1. The molecule has 1 aliphatic rings. The molecule has 0 saturated heterocycles. The van der Waals surface area contributed by atoms with Crippen LogP contribution in [0.5, 0.6) is 0 Å². The zero-order valence-corrected chi connectivity index (χ0v) is 21.3. The first kappa shape index (κ1) is 22.4. The molecule has 0 aliphatic heterocycles. The Balaban J connectivity index is 1.31. The Morgan fingerprint density at radius 2 is 1.89 bits per heavy atom. The van der Waals surface area contributed by atoms with Gasteiger partial charge < -0.3 is 5.32 Å². The van der Waals surface area contributed by atoms with Crippen LogP contribution in [0.15, 0.2) is 53.8 Å². The number of pyridine rings is 1. The number of benzene rings is 2. The van der Waals surface area contributed by atoms with Gasteiger partial charge in [-0.1, -0.05) is 61.5 Å². The number of fused-ring (bicyclic) bond motifs is 6. The Morgan fingerprint density at radius 1 is 1.06 bits per heavy atom. The average Bonchev–Trinajstić information content (AvgIpc) is 3.27. The predicted octanol–water partition coefficient (Wildman–Crippen LogP) is 6.95. The number of thioether (sulfide) groups is 1. The molecule has 2 aromatic carbocycles. The van der Waals surface area contributed by atoms with Crippen LogP contribution in [0.2, 0.25) is 0 Å². The Hall–Kier alpha value is -3.03. The molecule has 176 valence electrons. The summed E-state index contributed by atoms with van der Waals surface area (Å²) in [4.78, 5) is 28.3. The van der Waals surface area contributed by atoms with E-state index in [0.717, 1.165) is 62.2 Å². The molecular weight excluding hydrogens is 472 g/mol. The number of carbonyl (C=O) groups is 1. The van der Waals surface area contributed by atoms with E-state index in [-0.39, 0.29) is 11.7 Å². The third-order valence-electron chi connectivity index (χ3n) is 6.67. The van der Waals surface area contributed by atoms with Crippen molar-refractivity contribution >= 4 is 65.9 Å².